The number of thioether (sulfide) groups is 1. The summed E-state index contributed by atoms with van der Waals surface area (Å²) in [7, 11) is 0. The number of hydrogen-bond acceptors (Lipinski definition) is 4. The lowest BCUT2D eigenvalue weighted by Gasteiger charge is -2.11. The van der Waals surface area contributed by atoms with Crippen molar-refractivity contribution in [2.75, 3.05) is 0 Å². The minimum Gasteiger partial charge on any atom is -0.379 e. The molecular formula is C10H15Cl2N3S. The molecule has 6 heteroatoms. The van der Waals surface area contributed by atoms with E-state index < -0.39 is 0 Å². The van der Waals surface area contributed by atoms with Gasteiger partial charge in [0.05, 0.1) is 6.04 Å². The average Bonchev–Trinajstić information content (AvgIpc) is 2.47. The number of halogens is 2. The molecule has 0 saturated heterocycles. The topological polar surface area (TPSA) is 51.3 Å². The Balaban J connectivity index is 0.00000112. The second kappa shape index (κ2) is 6.99. The maximum absolute atomic E-state index is 5.67. The molecule has 0 bridgehead atoms. The predicted molar refractivity (Wildman–Crippen MR) is 74.9 cm³/mol. The van der Waals surface area contributed by atoms with Crippen LogP contribution in [-0.4, -0.2) is 21.4 Å². The van der Waals surface area contributed by atoms with Gasteiger partial charge in [-0.1, -0.05) is 18.7 Å². The summed E-state index contributed by atoms with van der Waals surface area (Å²) in [5.41, 5.74) is 6.94. The lowest BCUT2D eigenvalue weighted by molar-refractivity contribution is 0.674. The standard InChI is InChI=1S/C10H13N3S.2ClH/c1-7-9(13-10(11)14-7)6-8-2-4-12-5-3-8;;/h2-5,7,9H,6H2,1H3,(H2,11,13);2*1H/t7-,9-;;/m1../s1. The summed E-state index contributed by atoms with van der Waals surface area (Å²) in [6.07, 6.45) is 4.59. The number of aromatic nitrogens is 1. The van der Waals surface area contributed by atoms with Crippen molar-refractivity contribution in [1.29, 1.82) is 0 Å². The van der Waals surface area contributed by atoms with Crippen LogP contribution in [0.5, 0.6) is 0 Å². The second-order valence-electron chi connectivity index (χ2n) is 3.42. The average molecular weight is 280 g/mol. The van der Waals surface area contributed by atoms with Crippen molar-refractivity contribution in [2.45, 2.75) is 24.6 Å². The zero-order valence-electron chi connectivity index (χ0n) is 8.87. The molecule has 90 valence electrons. The van der Waals surface area contributed by atoms with E-state index in [1.54, 1.807) is 11.8 Å². The third kappa shape index (κ3) is 3.85. The highest BCUT2D eigenvalue weighted by Crippen LogP contribution is 2.26. The SMILES string of the molecule is C[C@H]1SC(N)=N[C@@H]1Cc1ccncc1.Cl.Cl. The van der Waals surface area contributed by atoms with E-state index in [9.17, 15) is 0 Å². The number of pyridine rings is 1. The van der Waals surface area contributed by atoms with Crippen LogP contribution in [0.15, 0.2) is 29.5 Å². The molecule has 0 spiro atoms. The Morgan fingerprint density at radius 1 is 1.31 bits per heavy atom. The second-order valence-corrected chi connectivity index (χ2v) is 4.81. The van der Waals surface area contributed by atoms with E-state index in [1.807, 2.05) is 24.5 Å². The van der Waals surface area contributed by atoms with Crippen molar-refractivity contribution in [3.05, 3.63) is 30.1 Å². The first-order valence-electron chi connectivity index (χ1n) is 4.64. The van der Waals surface area contributed by atoms with Crippen molar-refractivity contribution < 1.29 is 0 Å². The Morgan fingerprint density at radius 3 is 2.44 bits per heavy atom. The van der Waals surface area contributed by atoms with Gasteiger partial charge in [0.25, 0.3) is 0 Å². The highest BCUT2D eigenvalue weighted by atomic mass is 35.5. The van der Waals surface area contributed by atoms with Gasteiger partial charge in [-0.05, 0) is 24.1 Å². The summed E-state index contributed by atoms with van der Waals surface area (Å²) >= 11 is 1.66. The zero-order chi connectivity index (χ0) is 9.97. The van der Waals surface area contributed by atoms with Gasteiger partial charge in [-0.3, -0.25) is 9.98 Å². The zero-order valence-corrected chi connectivity index (χ0v) is 11.3. The van der Waals surface area contributed by atoms with Crippen LogP contribution in [0.3, 0.4) is 0 Å². The molecule has 16 heavy (non-hydrogen) atoms. The fraction of sp³-hybridized carbons (Fsp3) is 0.400. The van der Waals surface area contributed by atoms with Crippen LogP contribution < -0.4 is 5.73 Å². The summed E-state index contributed by atoms with van der Waals surface area (Å²) in [4.78, 5) is 8.39. The first kappa shape index (κ1) is 15.6. The van der Waals surface area contributed by atoms with Crippen LogP contribution >= 0.6 is 36.6 Å². The van der Waals surface area contributed by atoms with E-state index in [1.165, 1.54) is 5.56 Å². The first-order valence-corrected chi connectivity index (χ1v) is 5.52. The van der Waals surface area contributed by atoms with Gasteiger partial charge in [0, 0.05) is 17.6 Å². The number of nitrogens with two attached hydrogens (primary N) is 1. The van der Waals surface area contributed by atoms with E-state index in [2.05, 4.69) is 16.9 Å². The molecule has 1 aliphatic rings. The van der Waals surface area contributed by atoms with Crippen LogP contribution in [0.1, 0.15) is 12.5 Å². The summed E-state index contributed by atoms with van der Waals surface area (Å²) < 4.78 is 0. The van der Waals surface area contributed by atoms with Crippen LogP contribution in [0.25, 0.3) is 0 Å². The predicted octanol–water partition coefficient (Wildman–Crippen LogP) is 2.29. The number of amidine groups is 1. The number of nitrogens with zero attached hydrogens (tertiary/aromatic N) is 2. The largest absolute Gasteiger partial charge is 0.379 e. The van der Waals surface area contributed by atoms with Crippen molar-refractivity contribution in [3.8, 4) is 0 Å². The first-order chi connectivity index (χ1) is 6.75. The normalized spacial score (nSPS) is 22.9. The van der Waals surface area contributed by atoms with Crippen molar-refractivity contribution in [2.24, 2.45) is 10.7 Å². The summed E-state index contributed by atoms with van der Waals surface area (Å²) in [5, 5.41) is 1.21. The molecular weight excluding hydrogens is 265 g/mol. The van der Waals surface area contributed by atoms with Gasteiger partial charge in [-0.15, -0.1) is 24.8 Å². The summed E-state index contributed by atoms with van der Waals surface area (Å²) in [5.74, 6) is 0. The Labute approximate surface area is 112 Å². The molecule has 2 rings (SSSR count). The monoisotopic (exact) mass is 279 g/mol. The summed E-state index contributed by atoms with van der Waals surface area (Å²) in [6.45, 7) is 2.17. The molecule has 0 saturated carbocycles. The van der Waals surface area contributed by atoms with Gasteiger partial charge >= 0.3 is 0 Å². The molecule has 1 aromatic heterocycles. The van der Waals surface area contributed by atoms with Crippen LogP contribution in [-0.2, 0) is 6.42 Å². The third-order valence-corrected chi connectivity index (χ3v) is 3.37. The van der Waals surface area contributed by atoms with Crippen molar-refractivity contribution in [1.82, 2.24) is 4.98 Å². The smallest absolute Gasteiger partial charge is 0.154 e. The van der Waals surface area contributed by atoms with Crippen LogP contribution in [0.2, 0.25) is 0 Å². The summed E-state index contributed by atoms with van der Waals surface area (Å²) in [6, 6.07) is 4.38. The van der Waals surface area contributed by atoms with E-state index >= 15 is 0 Å². The molecule has 2 N–H and O–H groups in total. The molecule has 2 atom stereocenters. The number of aliphatic imine (C=N–C) groups is 1. The minimum absolute atomic E-state index is 0. The maximum Gasteiger partial charge on any atom is 0.154 e. The van der Waals surface area contributed by atoms with Gasteiger partial charge in [0.15, 0.2) is 5.17 Å². The van der Waals surface area contributed by atoms with Crippen LogP contribution in [0.4, 0.5) is 0 Å². The minimum atomic E-state index is 0. The fourth-order valence-electron chi connectivity index (χ4n) is 1.54. The van der Waals surface area contributed by atoms with Gasteiger partial charge < -0.3 is 5.73 Å². The maximum atomic E-state index is 5.67. The Morgan fingerprint density at radius 2 is 1.94 bits per heavy atom. The van der Waals surface area contributed by atoms with Gasteiger partial charge in [-0.2, -0.15) is 0 Å². The van der Waals surface area contributed by atoms with E-state index in [0.717, 1.165) is 11.6 Å². The molecule has 0 unspecified atom stereocenters. The van der Waals surface area contributed by atoms with E-state index in [-0.39, 0.29) is 24.8 Å². The van der Waals surface area contributed by atoms with E-state index in [0.29, 0.717) is 11.3 Å². The van der Waals surface area contributed by atoms with Crippen LogP contribution in [0, 0.1) is 0 Å². The van der Waals surface area contributed by atoms with Crippen molar-refractivity contribution in [3.63, 3.8) is 0 Å². The van der Waals surface area contributed by atoms with Gasteiger partial charge in [0.2, 0.25) is 0 Å². The molecule has 1 aliphatic heterocycles. The molecule has 1 aromatic rings. The van der Waals surface area contributed by atoms with Crippen molar-refractivity contribution >= 4 is 41.7 Å². The molecule has 0 aromatic carbocycles. The van der Waals surface area contributed by atoms with Gasteiger partial charge in [0.1, 0.15) is 0 Å². The highest BCUT2D eigenvalue weighted by Gasteiger charge is 2.24. The highest BCUT2D eigenvalue weighted by molar-refractivity contribution is 8.14. The third-order valence-electron chi connectivity index (χ3n) is 2.34. The fourth-order valence-corrected chi connectivity index (χ4v) is 2.43. The van der Waals surface area contributed by atoms with Gasteiger partial charge in [-0.25, -0.2) is 0 Å². The Kier molecular flexibility index (Phi) is 6.79. The van der Waals surface area contributed by atoms with E-state index in [4.69, 9.17) is 5.73 Å². The molecule has 0 radical (unpaired) electrons. The molecule has 2 heterocycles. The number of rotatable bonds is 2. The quantitative estimate of drug-likeness (QED) is 0.904. The molecule has 0 amide bonds. The Hall–Kier alpha value is -0.450. The lowest BCUT2D eigenvalue weighted by Crippen LogP contribution is -2.16. The Bertz CT molecular complexity index is 345. The molecule has 3 nitrogen and oxygen atoms in total. The molecule has 0 fully saturated rings. The number of hydrogen-bond donors (Lipinski definition) is 1. The molecule has 0 aliphatic carbocycles. The lowest BCUT2D eigenvalue weighted by atomic mass is 10.1.